The zero-order valence-corrected chi connectivity index (χ0v) is 20.0. The molecule has 0 radical (unpaired) electrons. The third-order valence-corrected chi connectivity index (χ3v) is 6.89. The first-order valence-electron chi connectivity index (χ1n) is 12.1. The molecule has 0 aromatic carbocycles. The topological polar surface area (TPSA) is 150 Å². The Kier molecular flexibility index (Phi) is 5.83. The number of methoxy groups -OCH3 is 1. The van der Waals surface area contributed by atoms with Gasteiger partial charge in [0.05, 0.1) is 19.3 Å². The number of rotatable bonds is 6. The summed E-state index contributed by atoms with van der Waals surface area (Å²) in [6.07, 6.45) is 2.71. The summed E-state index contributed by atoms with van der Waals surface area (Å²) in [4.78, 5) is 51.4. The van der Waals surface area contributed by atoms with Gasteiger partial charge in [-0.3, -0.25) is 19.1 Å². The number of amides is 2. The standard InChI is InChI=1S/C24H25N7O6/c1-35-20-7-3-14-23(29-20)30(21(33)11-26-14)9-8-25-13-2-4-15-17(10-13)37-24(34)31(15)18-6-5-16-22(27-18)28-19(32)12-36-16/h3,5-7,11,13,15,17,25H,2,4,8-10,12H2,1H3,(H,27,28,32)/t13-,15+,17+/m0/s1. The van der Waals surface area contributed by atoms with E-state index in [9.17, 15) is 14.4 Å². The van der Waals surface area contributed by atoms with Gasteiger partial charge in [0.1, 0.15) is 17.4 Å². The number of aromatic nitrogens is 4. The summed E-state index contributed by atoms with van der Waals surface area (Å²) in [7, 11) is 1.52. The van der Waals surface area contributed by atoms with Crippen LogP contribution in [0, 0.1) is 0 Å². The van der Waals surface area contributed by atoms with Crippen LogP contribution in [0.15, 0.2) is 35.3 Å². The van der Waals surface area contributed by atoms with E-state index in [1.807, 2.05) is 0 Å². The molecule has 3 aliphatic rings. The number of carbonyl (C=O) groups is 2. The van der Waals surface area contributed by atoms with E-state index in [4.69, 9.17) is 14.2 Å². The molecule has 3 atom stereocenters. The van der Waals surface area contributed by atoms with Crippen LogP contribution in [-0.4, -0.2) is 70.0 Å². The van der Waals surface area contributed by atoms with Crippen LogP contribution in [0.25, 0.3) is 11.2 Å². The maximum absolute atomic E-state index is 12.8. The van der Waals surface area contributed by atoms with Gasteiger partial charge in [-0.1, -0.05) is 0 Å². The van der Waals surface area contributed by atoms with Crippen LogP contribution in [0.1, 0.15) is 19.3 Å². The third kappa shape index (κ3) is 4.31. The molecule has 0 unspecified atom stereocenters. The molecule has 2 fully saturated rings. The minimum atomic E-state index is -0.457. The Bertz CT molecular complexity index is 1440. The van der Waals surface area contributed by atoms with Crippen LogP contribution in [0.2, 0.25) is 0 Å². The monoisotopic (exact) mass is 507 g/mol. The highest BCUT2D eigenvalue weighted by molar-refractivity contribution is 5.95. The fraction of sp³-hybridized carbons (Fsp3) is 0.417. The van der Waals surface area contributed by atoms with Crippen LogP contribution in [-0.2, 0) is 16.1 Å². The van der Waals surface area contributed by atoms with Gasteiger partial charge in [-0.2, -0.15) is 4.98 Å². The Morgan fingerprint density at radius 2 is 2.05 bits per heavy atom. The second-order valence-electron chi connectivity index (χ2n) is 9.12. The number of hydrogen-bond acceptors (Lipinski definition) is 10. The smallest absolute Gasteiger partial charge is 0.416 e. The minimum Gasteiger partial charge on any atom is -0.481 e. The van der Waals surface area contributed by atoms with Gasteiger partial charge in [-0.15, -0.1) is 0 Å². The van der Waals surface area contributed by atoms with Gasteiger partial charge in [0.15, 0.2) is 23.8 Å². The normalized spacial score (nSPS) is 22.6. The number of fused-ring (bicyclic) bond motifs is 3. The van der Waals surface area contributed by atoms with Crippen molar-refractivity contribution in [3.8, 4) is 11.6 Å². The minimum absolute atomic E-state index is 0.0599. The molecule has 3 aromatic heterocycles. The average molecular weight is 508 g/mol. The first kappa shape index (κ1) is 23.2. The number of hydrogen-bond donors (Lipinski definition) is 2. The molecule has 1 aliphatic carbocycles. The summed E-state index contributed by atoms with van der Waals surface area (Å²) in [5, 5.41) is 6.16. The molecule has 3 aromatic rings. The Balaban J connectivity index is 1.11. The molecule has 1 saturated heterocycles. The molecule has 0 bridgehead atoms. The van der Waals surface area contributed by atoms with E-state index in [0.717, 1.165) is 6.42 Å². The second-order valence-corrected chi connectivity index (χ2v) is 9.12. The van der Waals surface area contributed by atoms with E-state index in [2.05, 4.69) is 25.6 Å². The molecule has 13 heteroatoms. The van der Waals surface area contributed by atoms with Crippen molar-refractivity contribution in [2.45, 2.75) is 44.0 Å². The molecule has 192 valence electrons. The van der Waals surface area contributed by atoms with Crippen LogP contribution >= 0.6 is 0 Å². The van der Waals surface area contributed by atoms with Crippen LogP contribution in [0.5, 0.6) is 11.6 Å². The van der Waals surface area contributed by atoms with E-state index in [-0.39, 0.29) is 36.3 Å². The van der Waals surface area contributed by atoms with E-state index < -0.39 is 6.09 Å². The highest BCUT2D eigenvalue weighted by atomic mass is 16.6. The van der Waals surface area contributed by atoms with Crippen molar-refractivity contribution in [2.75, 3.05) is 30.5 Å². The van der Waals surface area contributed by atoms with Gasteiger partial charge in [0, 0.05) is 31.6 Å². The molecular weight excluding hydrogens is 482 g/mol. The van der Waals surface area contributed by atoms with Crippen molar-refractivity contribution < 1.29 is 23.8 Å². The summed E-state index contributed by atoms with van der Waals surface area (Å²) in [6.45, 7) is 0.876. The molecule has 6 rings (SSSR count). The number of pyridine rings is 2. The van der Waals surface area contributed by atoms with Crippen LogP contribution in [0.3, 0.4) is 0 Å². The van der Waals surface area contributed by atoms with Gasteiger partial charge in [0.25, 0.3) is 11.5 Å². The third-order valence-electron chi connectivity index (χ3n) is 6.89. The van der Waals surface area contributed by atoms with Gasteiger partial charge in [0.2, 0.25) is 5.88 Å². The van der Waals surface area contributed by atoms with Gasteiger partial charge in [-0.25, -0.2) is 14.8 Å². The molecule has 13 nitrogen and oxygen atoms in total. The van der Waals surface area contributed by atoms with Crippen molar-refractivity contribution in [1.29, 1.82) is 0 Å². The molecule has 5 heterocycles. The summed E-state index contributed by atoms with van der Waals surface area (Å²) >= 11 is 0. The van der Waals surface area contributed by atoms with Crippen molar-refractivity contribution in [3.63, 3.8) is 0 Å². The molecule has 0 spiro atoms. The van der Waals surface area contributed by atoms with Crippen molar-refractivity contribution in [2.24, 2.45) is 0 Å². The van der Waals surface area contributed by atoms with Gasteiger partial charge in [-0.05, 0) is 31.0 Å². The van der Waals surface area contributed by atoms with Gasteiger partial charge >= 0.3 is 6.09 Å². The van der Waals surface area contributed by atoms with Crippen molar-refractivity contribution in [1.82, 2.24) is 24.8 Å². The predicted octanol–water partition coefficient (Wildman–Crippen LogP) is 1.06. The summed E-state index contributed by atoms with van der Waals surface area (Å²) in [6, 6.07) is 6.83. The molecule has 2 aliphatic heterocycles. The Morgan fingerprint density at radius 3 is 2.92 bits per heavy atom. The van der Waals surface area contributed by atoms with E-state index in [1.54, 1.807) is 33.7 Å². The number of nitrogens with zero attached hydrogens (tertiary/aromatic N) is 5. The lowest BCUT2D eigenvalue weighted by Crippen LogP contribution is -2.46. The summed E-state index contributed by atoms with van der Waals surface area (Å²) in [5.41, 5.74) is 0.843. The number of carbonyl (C=O) groups excluding carboxylic acids is 2. The fourth-order valence-corrected chi connectivity index (χ4v) is 5.13. The Morgan fingerprint density at radius 1 is 1.16 bits per heavy atom. The van der Waals surface area contributed by atoms with Crippen LogP contribution in [0.4, 0.5) is 16.4 Å². The van der Waals surface area contributed by atoms with Gasteiger partial charge < -0.3 is 24.8 Å². The number of nitrogens with one attached hydrogen (secondary N) is 2. The zero-order chi connectivity index (χ0) is 25.5. The van der Waals surface area contributed by atoms with E-state index in [0.29, 0.717) is 60.4 Å². The lowest BCUT2D eigenvalue weighted by Gasteiger charge is -2.33. The SMILES string of the molecule is COc1ccc2ncc(=O)n(CCN[C@H]3CC[C@@H]4[C@@H](C3)OC(=O)N4c3ccc4c(n3)NC(=O)CO4)c2n1. The van der Waals surface area contributed by atoms with Crippen molar-refractivity contribution in [3.05, 3.63) is 40.8 Å². The zero-order valence-electron chi connectivity index (χ0n) is 20.0. The molecule has 1 saturated carbocycles. The highest BCUT2D eigenvalue weighted by Gasteiger charge is 2.46. The summed E-state index contributed by atoms with van der Waals surface area (Å²) < 4.78 is 17.8. The molecular formula is C24H25N7O6. The molecule has 37 heavy (non-hydrogen) atoms. The maximum Gasteiger partial charge on any atom is 0.416 e. The van der Waals surface area contributed by atoms with Crippen molar-refractivity contribution >= 4 is 34.8 Å². The van der Waals surface area contributed by atoms with E-state index in [1.165, 1.54) is 13.3 Å². The fourth-order valence-electron chi connectivity index (χ4n) is 5.13. The Hall–Kier alpha value is -4.26. The number of anilines is 2. The first-order chi connectivity index (χ1) is 18.0. The van der Waals surface area contributed by atoms with E-state index >= 15 is 0 Å². The van der Waals surface area contributed by atoms with Crippen LogP contribution < -0.4 is 30.6 Å². The summed E-state index contributed by atoms with van der Waals surface area (Å²) in [5.74, 6) is 1.31. The largest absolute Gasteiger partial charge is 0.481 e. The maximum atomic E-state index is 12.8. The quantitative estimate of drug-likeness (QED) is 0.496. The highest BCUT2D eigenvalue weighted by Crippen LogP contribution is 2.37. The second kappa shape index (κ2) is 9.32. The lowest BCUT2D eigenvalue weighted by molar-refractivity contribution is -0.118. The lowest BCUT2D eigenvalue weighted by atomic mass is 9.88. The molecule has 2 N–H and O–H groups in total. The average Bonchev–Trinajstić information content (AvgIpc) is 3.24. The first-order valence-corrected chi connectivity index (χ1v) is 12.1. The Labute approximate surface area is 210 Å². The predicted molar refractivity (Wildman–Crippen MR) is 131 cm³/mol. The molecule has 2 amide bonds. The number of ether oxygens (including phenoxy) is 3.